The summed E-state index contributed by atoms with van der Waals surface area (Å²) >= 11 is 0. The second-order valence-corrected chi connectivity index (χ2v) is 5.66. The predicted octanol–water partition coefficient (Wildman–Crippen LogP) is 1.45. The van der Waals surface area contributed by atoms with Crippen LogP contribution in [0.2, 0.25) is 0 Å². The van der Waals surface area contributed by atoms with Crippen molar-refractivity contribution in [1.29, 1.82) is 5.26 Å². The van der Waals surface area contributed by atoms with E-state index in [4.69, 9.17) is 10.4 Å². The number of aromatic nitrogens is 1. The van der Waals surface area contributed by atoms with Gasteiger partial charge in [0.05, 0.1) is 28.4 Å². The number of anilines is 1. The number of pyridine rings is 1. The fourth-order valence-corrected chi connectivity index (χ4v) is 2.55. The fraction of sp³-hybridized carbons (Fsp3) is 0. The zero-order chi connectivity index (χ0) is 15.5. The van der Waals surface area contributed by atoms with Gasteiger partial charge in [-0.3, -0.25) is 4.72 Å². The van der Waals surface area contributed by atoms with Crippen molar-refractivity contribution < 1.29 is 18.3 Å². The van der Waals surface area contributed by atoms with Gasteiger partial charge in [0.2, 0.25) is 0 Å². The van der Waals surface area contributed by atoms with Crippen LogP contribution in [-0.2, 0) is 10.0 Å². The molecule has 1 aromatic heterocycles. The molecule has 0 fully saturated rings. The number of nitriles is 1. The highest BCUT2D eigenvalue weighted by molar-refractivity contribution is 7.92. The van der Waals surface area contributed by atoms with Crippen LogP contribution in [0.5, 0.6) is 0 Å². The number of sulfonamides is 1. The van der Waals surface area contributed by atoms with Gasteiger partial charge in [-0.2, -0.15) is 5.26 Å². The zero-order valence-electron chi connectivity index (χ0n) is 10.5. The van der Waals surface area contributed by atoms with E-state index >= 15 is 0 Å². The normalized spacial score (nSPS) is 10.6. The van der Waals surface area contributed by atoms with E-state index in [1.54, 1.807) is 0 Å². The number of nitrogens with one attached hydrogen (secondary N) is 1. The van der Waals surface area contributed by atoms with Gasteiger partial charge in [0.1, 0.15) is 5.69 Å². The minimum Gasteiger partial charge on any atom is -0.477 e. The topological polar surface area (TPSA) is 120 Å². The van der Waals surface area contributed by atoms with E-state index in [0.29, 0.717) is 5.56 Å². The molecule has 0 saturated carbocycles. The first kappa shape index (κ1) is 14.5. The molecule has 0 aliphatic carbocycles. The quantitative estimate of drug-likeness (QED) is 0.882. The Morgan fingerprint density at radius 1 is 1.19 bits per heavy atom. The molecule has 7 nitrogen and oxygen atoms in total. The van der Waals surface area contributed by atoms with Crippen LogP contribution in [0.1, 0.15) is 16.1 Å². The third-order valence-corrected chi connectivity index (χ3v) is 3.93. The van der Waals surface area contributed by atoms with Crippen molar-refractivity contribution in [3.63, 3.8) is 0 Å². The van der Waals surface area contributed by atoms with Gasteiger partial charge in [-0.05, 0) is 36.4 Å². The third kappa shape index (κ3) is 3.34. The van der Waals surface area contributed by atoms with Crippen molar-refractivity contribution in [3.05, 3.63) is 53.9 Å². The van der Waals surface area contributed by atoms with Crippen molar-refractivity contribution in [2.24, 2.45) is 0 Å². The number of nitrogens with zero attached hydrogens (tertiary/aromatic N) is 2. The summed E-state index contributed by atoms with van der Waals surface area (Å²) in [5, 5.41) is 17.4. The predicted molar refractivity (Wildman–Crippen MR) is 73.2 cm³/mol. The Morgan fingerprint density at radius 3 is 2.33 bits per heavy atom. The van der Waals surface area contributed by atoms with Crippen molar-refractivity contribution in [2.75, 3.05) is 4.72 Å². The summed E-state index contributed by atoms with van der Waals surface area (Å²) in [7, 11) is -3.82. The highest BCUT2D eigenvalue weighted by Crippen LogP contribution is 2.16. The molecule has 2 N–H and O–H groups in total. The summed E-state index contributed by atoms with van der Waals surface area (Å²) in [5.41, 5.74) is 0.308. The maximum atomic E-state index is 12.1. The fourth-order valence-electron chi connectivity index (χ4n) is 1.50. The number of carboxylic acids is 1. The largest absolute Gasteiger partial charge is 0.477 e. The minimum absolute atomic E-state index is 0.0104. The van der Waals surface area contributed by atoms with Gasteiger partial charge in [-0.1, -0.05) is 0 Å². The number of benzene rings is 1. The molecule has 2 aromatic rings. The first-order valence-electron chi connectivity index (χ1n) is 5.65. The lowest BCUT2D eigenvalue weighted by molar-refractivity contribution is 0.0690. The molecular weight excluding hydrogens is 294 g/mol. The molecule has 2 rings (SSSR count). The van der Waals surface area contributed by atoms with Gasteiger partial charge in [0.25, 0.3) is 10.0 Å². The summed E-state index contributed by atoms with van der Waals surface area (Å²) < 4.78 is 26.4. The number of hydrogen-bond acceptors (Lipinski definition) is 5. The van der Waals surface area contributed by atoms with Crippen LogP contribution >= 0.6 is 0 Å². The summed E-state index contributed by atoms with van der Waals surface area (Å²) in [5.74, 6) is -1.20. The van der Waals surface area contributed by atoms with E-state index in [2.05, 4.69) is 9.71 Å². The third-order valence-electron chi connectivity index (χ3n) is 2.53. The number of aromatic carboxylic acids is 1. The summed E-state index contributed by atoms with van der Waals surface area (Å²) in [6.07, 6.45) is 1.12. The van der Waals surface area contributed by atoms with Gasteiger partial charge >= 0.3 is 5.97 Å². The molecule has 0 saturated heterocycles. The first-order chi connectivity index (χ1) is 9.92. The van der Waals surface area contributed by atoms with E-state index in [1.165, 1.54) is 36.4 Å². The van der Waals surface area contributed by atoms with Crippen molar-refractivity contribution in [2.45, 2.75) is 4.90 Å². The monoisotopic (exact) mass is 303 g/mol. The molecule has 1 aromatic carbocycles. The number of rotatable bonds is 4. The van der Waals surface area contributed by atoms with Gasteiger partial charge < -0.3 is 5.11 Å². The van der Waals surface area contributed by atoms with Gasteiger partial charge in [0, 0.05) is 0 Å². The average molecular weight is 303 g/mol. The molecule has 0 radical (unpaired) electrons. The molecule has 8 heteroatoms. The first-order valence-corrected chi connectivity index (χ1v) is 7.13. The highest BCUT2D eigenvalue weighted by Gasteiger charge is 2.14. The van der Waals surface area contributed by atoms with E-state index in [-0.39, 0.29) is 16.3 Å². The molecular formula is C13H9N3O4S. The molecule has 0 bridgehead atoms. The Kier molecular flexibility index (Phi) is 3.86. The Balaban J connectivity index is 2.24. The maximum Gasteiger partial charge on any atom is 0.354 e. The lowest BCUT2D eigenvalue weighted by atomic mass is 10.2. The minimum atomic E-state index is -3.82. The van der Waals surface area contributed by atoms with Crippen LogP contribution in [-0.4, -0.2) is 24.5 Å². The summed E-state index contributed by atoms with van der Waals surface area (Å²) in [6, 6.07) is 9.78. The second kappa shape index (κ2) is 5.60. The van der Waals surface area contributed by atoms with Crippen molar-refractivity contribution >= 4 is 21.7 Å². The Hall–Kier alpha value is -2.92. The van der Waals surface area contributed by atoms with Crippen LogP contribution < -0.4 is 4.72 Å². The van der Waals surface area contributed by atoms with Gasteiger partial charge in [-0.15, -0.1) is 0 Å². The Bertz CT molecular complexity index is 806. The van der Waals surface area contributed by atoms with Gasteiger partial charge in [-0.25, -0.2) is 18.2 Å². The smallest absolute Gasteiger partial charge is 0.354 e. The highest BCUT2D eigenvalue weighted by atomic mass is 32.2. The molecule has 106 valence electrons. The van der Waals surface area contributed by atoms with Crippen LogP contribution in [0.15, 0.2) is 47.5 Å². The molecule has 21 heavy (non-hydrogen) atoms. The van der Waals surface area contributed by atoms with Gasteiger partial charge in [0.15, 0.2) is 0 Å². The zero-order valence-corrected chi connectivity index (χ0v) is 11.3. The van der Waals surface area contributed by atoms with E-state index in [1.807, 2.05) is 6.07 Å². The van der Waals surface area contributed by atoms with Crippen molar-refractivity contribution in [3.8, 4) is 6.07 Å². The standard InChI is InChI=1S/C13H9N3O4S/c14-7-9-1-4-11(5-2-9)21(19,20)16-10-3-6-12(13(17)18)15-8-10/h1-6,8,16H,(H,17,18). The molecule has 0 aliphatic rings. The van der Waals surface area contributed by atoms with Crippen molar-refractivity contribution in [1.82, 2.24) is 4.98 Å². The van der Waals surface area contributed by atoms with E-state index < -0.39 is 16.0 Å². The Morgan fingerprint density at radius 2 is 1.86 bits per heavy atom. The SMILES string of the molecule is N#Cc1ccc(S(=O)(=O)Nc2ccc(C(=O)O)nc2)cc1. The average Bonchev–Trinajstić information content (AvgIpc) is 2.47. The van der Waals surface area contributed by atoms with Crippen LogP contribution in [0.25, 0.3) is 0 Å². The van der Waals surface area contributed by atoms with E-state index in [0.717, 1.165) is 6.20 Å². The maximum absolute atomic E-state index is 12.1. The van der Waals surface area contributed by atoms with Crippen LogP contribution in [0.4, 0.5) is 5.69 Å². The molecule has 0 aliphatic heterocycles. The summed E-state index contributed by atoms with van der Waals surface area (Å²) in [4.78, 5) is 14.3. The lowest BCUT2D eigenvalue weighted by Crippen LogP contribution is -2.13. The van der Waals surface area contributed by atoms with Crippen LogP contribution in [0.3, 0.4) is 0 Å². The number of hydrogen-bond donors (Lipinski definition) is 2. The lowest BCUT2D eigenvalue weighted by Gasteiger charge is -2.07. The van der Waals surface area contributed by atoms with E-state index in [9.17, 15) is 13.2 Å². The molecule has 0 spiro atoms. The molecule has 1 heterocycles. The number of carbonyl (C=O) groups is 1. The molecule has 0 atom stereocenters. The molecule has 0 unspecified atom stereocenters. The summed E-state index contributed by atoms with van der Waals surface area (Å²) in [6.45, 7) is 0. The second-order valence-electron chi connectivity index (χ2n) is 3.98. The van der Waals surface area contributed by atoms with Crippen LogP contribution in [0, 0.1) is 11.3 Å². The Labute approximate surface area is 120 Å². The molecule has 0 amide bonds. The number of carboxylic acid groups (broad SMARTS) is 1.